The molecule has 0 bridgehead atoms. The minimum atomic E-state index is -0.103. The van der Waals surface area contributed by atoms with Crippen LogP contribution in [-0.4, -0.2) is 17.0 Å². The first-order chi connectivity index (χ1) is 11.1. The molecule has 1 aromatic carbocycles. The van der Waals surface area contributed by atoms with Crippen LogP contribution in [0.3, 0.4) is 0 Å². The third-order valence-corrected chi connectivity index (χ3v) is 3.77. The van der Waals surface area contributed by atoms with Crippen molar-refractivity contribution in [1.29, 1.82) is 0 Å². The molecule has 23 heavy (non-hydrogen) atoms. The number of pyridine rings is 1. The third-order valence-electron chi connectivity index (χ3n) is 3.30. The average molecular weight is 375 g/mol. The van der Waals surface area contributed by atoms with Gasteiger partial charge in [0.15, 0.2) is 0 Å². The first-order valence-corrected chi connectivity index (χ1v) is 8.31. The Bertz CT molecular complexity index is 723. The van der Waals surface area contributed by atoms with Gasteiger partial charge in [0.25, 0.3) is 5.56 Å². The van der Waals surface area contributed by atoms with Crippen LogP contribution in [0.4, 0.5) is 0 Å². The molecule has 0 aliphatic rings. The highest BCUT2D eigenvalue weighted by Gasteiger charge is 1.98. The van der Waals surface area contributed by atoms with Crippen molar-refractivity contribution in [2.24, 2.45) is 0 Å². The van der Waals surface area contributed by atoms with Gasteiger partial charge in [-0.3, -0.25) is 9.59 Å². The molecule has 0 fully saturated rings. The monoisotopic (exact) mass is 374 g/mol. The van der Waals surface area contributed by atoms with Crippen molar-refractivity contribution in [1.82, 2.24) is 9.88 Å². The van der Waals surface area contributed by atoms with Gasteiger partial charge in [-0.15, -0.1) is 0 Å². The van der Waals surface area contributed by atoms with Crippen molar-refractivity contribution in [3.8, 4) is 0 Å². The molecule has 2 rings (SSSR count). The van der Waals surface area contributed by atoms with E-state index < -0.39 is 0 Å². The summed E-state index contributed by atoms with van der Waals surface area (Å²) in [7, 11) is 0. The van der Waals surface area contributed by atoms with E-state index in [0.29, 0.717) is 13.1 Å². The lowest BCUT2D eigenvalue weighted by Crippen LogP contribution is -2.23. The van der Waals surface area contributed by atoms with Gasteiger partial charge in [0.2, 0.25) is 5.91 Å². The van der Waals surface area contributed by atoms with Gasteiger partial charge in [-0.25, -0.2) is 0 Å². The molecule has 120 valence electrons. The minimum Gasteiger partial charge on any atom is -0.353 e. The van der Waals surface area contributed by atoms with E-state index in [1.165, 1.54) is 6.08 Å². The molecule has 0 atom stereocenters. The van der Waals surface area contributed by atoms with Gasteiger partial charge in [0.05, 0.1) is 0 Å². The lowest BCUT2D eigenvalue weighted by atomic mass is 10.2. The smallest absolute Gasteiger partial charge is 0.250 e. The van der Waals surface area contributed by atoms with Crippen LogP contribution in [0.25, 0.3) is 6.08 Å². The van der Waals surface area contributed by atoms with Crippen LogP contribution in [0.15, 0.2) is 64.0 Å². The molecule has 4 nitrogen and oxygen atoms in total. The number of aryl methyl sites for hydroxylation is 1. The Hall–Kier alpha value is -2.14. The van der Waals surface area contributed by atoms with E-state index in [1.807, 2.05) is 30.3 Å². The molecular weight excluding hydrogens is 356 g/mol. The zero-order valence-corrected chi connectivity index (χ0v) is 14.3. The van der Waals surface area contributed by atoms with Crippen LogP contribution >= 0.6 is 15.9 Å². The van der Waals surface area contributed by atoms with Crippen molar-refractivity contribution in [3.63, 3.8) is 0 Å². The number of halogens is 1. The molecule has 0 aliphatic carbocycles. The molecule has 0 radical (unpaired) electrons. The first-order valence-electron chi connectivity index (χ1n) is 7.52. The van der Waals surface area contributed by atoms with Crippen molar-refractivity contribution in [2.75, 3.05) is 6.54 Å². The standard InChI is InChI=1S/C18H19BrN2O2/c19-16-9-11-18(23)21(14-16)13-5-4-12-20-17(22)10-8-15-6-2-1-3-7-15/h1-3,6-11,14H,4-5,12-13H2,(H,20,22)/b10-8+. The minimum absolute atomic E-state index is 0.0111. The summed E-state index contributed by atoms with van der Waals surface area (Å²) in [6, 6.07) is 13.0. The predicted octanol–water partition coefficient (Wildman–Crippen LogP) is 3.22. The first kappa shape index (κ1) is 17.2. The molecule has 0 saturated heterocycles. The fourth-order valence-corrected chi connectivity index (χ4v) is 2.47. The second-order valence-corrected chi connectivity index (χ2v) is 6.04. The quantitative estimate of drug-likeness (QED) is 0.597. The Balaban J connectivity index is 1.67. The van der Waals surface area contributed by atoms with E-state index in [9.17, 15) is 9.59 Å². The van der Waals surface area contributed by atoms with E-state index in [-0.39, 0.29) is 11.5 Å². The summed E-state index contributed by atoms with van der Waals surface area (Å²) in [5.41, 5.74) is 0.986. The lowest BCUT2D eigenvalue weighted by molar-refractivity contribution is -0.116. The molecule has 1 N–H and O–H groups in total. The van der Waals surface area contributed by atoms with Crippen molar-refractivity contribution in [3.05, 3.63) is 75.1 Å². The van der Waals surface area contributed by atoms with Crippen LogP contribution in [0.2, 0.25) is 0 Å². The second-order valence-electron chi connectivity index (χ2n) is 5.12. The lowest BCUT2D eigenvalue weighted by Gasteiger charge is -2.06. The zero-order valence-electron chi connectivity index (χ0n) is 12.7. The van der Waals surface area contributed by atoms with Crippen molar-refractivity contribution in [2.45, 2.75) is 19.4 Å². The van der Waals surface area contributed by atoms with Gasteiger partial charge in [0, 0.05) is 35.9 Å². The number of aromatic nitrogens is 1. The fraction of sp³-hybridized carbons (Fsp3) is 0.222. The van der Waals surface area contributed by atoms with Crippen LogP contribution in [0.5, 0.6) is 0 Å². The Morgan fingerprint density at radius 3 is 2.70 bits per heavy atom. The van der Waals surface area contributed by atoms with Gasteiger partial charge in [-0.2, -0.15) is 0 Å². The topological polar surface area (TPSA) is 51.1 Å². The molecule has 5 heteroatoms. The van der Waals surface area contributed by atoms with Crippen LogP contribution in [-0.2, 0) is 11.3 Å². The van der Waals surface area contributed by atoms with E-state index in [4.69, 9.17) is 0 Å². The molecule has 0 unspecified atom stereocenters. The number of carbonyl (C=O) groups excluding carboxylic acids is 1. The third kappa shape index (κ3) is 6.24. The number of rotatable bonds is 7. The Morgan fingerprint density at radius 1 is 1.13 bits per heavy atom. The SMILES string of the molecule is O=C(/C=C/c1ccccc1)NCCCCn1cc(Br)ccc1=O. The maximum atomic E-state index is 11.7. The molecular formula is C18H19BrN2O2. The number of unbranched alkanes of at least 4 members (excludes halogenated alkanes) is 1. The molecule has 0 aliphatic heterocycles. The number of hydrogen-bond acceptors (Lipinski definition) is 2. The summed E-state index contributed by atoms with van der Waals surface area (Å²) in [6.45, 7) is 1.24. The van der Waals surface area contributed by atoms with Gasteiger partial charge in [-0.05, 0) is 46.5 Å². The molecule has 1 amide bonds. The summed E-state index contributed by atoms with van der Waals surface area (Å²) in [5.74, 6) is -0.103. The second kappa shape index (κ2) is 9.10. The number of nitrogens with one attached hydrogen (secondary N) is 1. The maximum Gasteiger partial charge on any atom is 0.250 e. The Kier molecular flexibility index (Phi) is 6.81. The Morgan fingerprint density at radius 2 is 1.91 bits per heavy atom. The molecule has 1 heterocycles. The van der Waals surface area contributed by atoms with Crippen molar-refractivity contribution >= 4 is 27.9 Å². The molecule has 0 saturated carbocycles. The van der Waals surface area contributed by atoms with Gasteiger partial charge in [0.1, 0.15) is 0 Å². The summed E-state index contributed by atoms with van der Waals surface area (Å²) in [5, 5.41) is 2.84. The highest BCUT2D eigenvalue weighted by molar-refractivity contribution is 9.10. The largest absolute Gasteiger partial charge is 0.353 e. The van der Waals surface area contributed by atoms with Gasteiger partial charge < -0.3 is 9.88 Å². The highest BCUT2D eigenvalue weighted by atomic mass is 79.9. The van der Waals surface area contributed by atoms with Gasteiger partial charge >= 0.3 is 0 Å². The van der Waals surface area contributed by atoms with E-state index >= 15 is 0 Å². The maximum absolute atomic E-state index is 11.7. The number of carbonyl (C=O) groups is 1. The summed E-state index contributed by atoms with van der Waals surface area (Å²) in [6.07, 6.45) is 6.76. The number of benzene rings is 1. The molecule has 0 spiro atoms. The summed E-state index contributed by atoms with van der Waals surface area (Å²) in [4.78, 5) is 23.3. The van der Waals surface area contributed by atoms with Crippen LogP contribution < -0.4 is 10.9 Å². The van der Waals surface area contributed by atoms with E-state index in [0.717, 1.165) is 22.9 Å². The molecule has 1 aromatic heterocycles. The summed E-state index contributed by atoms with van der Waals surface area (Å²) >= 11 is 3.35. The van der Waals surface area contributed by atoms with E-state index in [1.54, 1.807) is 29.0 Å². The number of hydrogen-bond donors (Lipinski definition) is 1. The van der Waals surface area contributed by atoms with Crippen LogP contribution in [0, 0.1) is 0 Å². The predicted molar refractivity (Wildman–Crippen MR) is 96.1 cm³/mol. The zero-order chi connectivity index (χ0) is 16.5. The molecule has 2 aromatic rings. The summed E-state index contributed by atoms with van der Waals surface area (Å²) < 4.78 is 2.55. The van der Waals surface area contributed by atoms with Crippen LogP contribution in [0.1, 0.15) is 18.4 Å². The normalized spacial score (nSPS) is 10.8. The van der Waals surface area contributed by atoms with Crippen molar-refractivity contribution < 1.29 is 4.79 Å². The number of nitrogens with zero attached hydrogens (tertiary/aromatic N) is 1. The van der Waals surface area contributed by atoms with Gasteiger partial charge in [-0.1, -0.05) is 30.3 Å². The number of amides is 1. The highest BCUT2D eigenvalue weighted by Crippen LogP contribution is 2.05. The fourth-order valence-electron chi connectivity index (χ4n) is 2.09. The Labute approximate surface area is 144 Å². The average Bonchev–Trinajstić information content (AvgIpc) is 2.56. The van der Waals surface area contributed by atoms with E-state index in [2.05, 4.69) is 21.2 Å².